The van der Waals surface area contributed by atoms with E-state index in [1.807, 2.05) is 13.0 Å². The molecule has 1 N–H and O–H groups in total. The van der Waals surface area contributed by atoms with Crippen LogP contribution >= 0.6 is 11.8 Å². The van der Waals surface area contributed by atoms with E-state index in [4.69, 9.17) is 9.47 Å². The van der Waals surface area contributed by atoms with Crippen LogP contribution in [-0.4, -0.2) is 60.7 Å². The van der Waals surface area contributed by atoms with Gasteiger partial charge in [-0.15, -0.1) is 0 Å². The number of fused-ring (bicyclic) bond motifs is 1. The lowest BCUT2D eigenvalue weighted by atomic mass is 10.0. The lowest BCUT2D eigenvalue weighted by Gasteiger charge is -2.25. The molecule has 1 aromatic carbocycles. The van der Waals surface area contributed by atoms with Crippen molar-refractivity contribution in [1.29, 1.82) is 0 Å². The summed E-state index contributed by atoms with van der Waals surface area (Å²) in [5, 5.41) is 4.24. The maximum Gasteiger partial charge on any atom is 0.220 e. The van der Waals surface area contributed by atoms with Crippen LogP contribution in [0.2, 0.25) is 0 Å². The summed E-state index contributed by atoms with van der Waals surface area (Å²) in [6.45, 7) is 8.71. The predicted octanol–water partition coefficient (Wildman–Crippen LogP) is 5.45. The number of ether oxygens (including phenoxy) is 2. The van der Waals surface area contributed by atoms with Gasteiger partial charge in [-0.1, -0.05) is 39.2 Å². The quantitative estimate of drug-likeness (QED) is 0.513. The number of carbonyl (C=O) groups excluding carboxylic acids is 1. The fourth-order valence-electron chi connectivity index (χ4n) is 4.93. The maximum absolute atomic E-state index is 12.1. The molecule has 1 aromatic rings. The molecular formula is C27H44N2O3S. The summed E-state index contributed by atoms with van der Waals surface area (Å²) in [6.07, 6.45) is 12.2. The van der Waals surface area contributed by atoms with Crippen molar-refractivity contribution in [1.82, 2.24) is 10.2 Å². The van der Waals surface area contributed by atoms with Crippen LogP contribution in [0.4, 0.5) is 0 Å². The third-order valence-electron chi connectivity index (χ3n) is 6.56. The second kappa shape index (κ2) is 14.8. The molecule has 2 fully saturated rings. The Labute approximate surface area is 205 Å². The average molecular weight is 477 g/mol. The fourth-order valence-corrected chi connectivity index (χ4v) is 6.07. The van der Waals surface area contributed by atoms with E-state index in [1.54, 1.807) is 0 Å². The largest absolute Gasteiger partial charge is 0.486 e. The molecule has 1 saturated carbocycles. The highest BCUT2D eigenvalue weighted by atomic mass is 32.2. The molecule has 1 saturated heterocycles. The Kier molecular flexibility index (Phi) is 11.7. The highest BCUT2D eigenvalue weighted by Crippen LogP contribution is 2.31. The van der Waals surface area contributed by atoms with Gasteiger partial charge in [-0.2, -0.15) is 11.8 Å². The molecule has 33 heavy (non-hydrogen) atoms. The van der Waals surface area contributed by atoms with Crippen LogP contribution in [0, 0.1) is 0 Å². The van der Waals surface area contributed by atoms with Gasteiger partial charge in [0.1, 0.15) is 13.2 Å². The van der Waals surface area contributed by atoms with Crippen molar-refractivity contribution < 1.29 is 14.3 Å². The lowest BCUT2D eigenvalue weighted by molar-refractivity contribution is -0.121. The topological polar surface area (TPSA) is 50.8 Å². The standard InChI is InChI=1S/C19H28N2O3.C8H16S/c1-2-5-19(22)20-16(14-21-8-3-4-9-21)12-15-6-7-17-18(13-15)24-11-10-23-17;1-2-9-8-6-4-3-5-7-8/h6-7,13,16H,2-5,8-12,14H2,1H3,(H,20,22);8H,2-7H2,1H3/t16-;/m0./s1. The third-order valence-corrected chi connectivity index (χ3v) is 7.84. The molecule has 2 heterocycles. The van der Waals surface area contributed by atoms with Gasteiger partial charge in [0.15, 0.2) is 11.5 Å². The Morgan fingerprint density at radius 1 is 1.06 bits per heavy atom. The van der Waals surface area contributed by atoms with Crippen LogP contribution < -0.4 is 14.8 Å². The first-order valence-corrected chi connectivity index (χ1v) is 14.2. The summed E-state index contributed by atoms with van der Waals surface area (Å²) in [6, 6.07) is 6.25. The zero-order valence-corrected chi connectivity index (χ0v) is 21.6. The molecule has 186 valence electrons. The van der Waals surface area contributed by atoms with Crippen molar-refractivity contribution in [2.75, 3.05) is 38.6 Å². The first-order valence-electron chi connectivity index (χ1n) is 13.2. The van der Waals surface area contributed by atoms with Crippen molar-refractivity contribution in [3.05, 3.63) is 23.8 Å². The van der Waals surface area contributed by atoms with E-state index in [0.717, 1.165) is 49.2 Å². The van der Waals surface area contributed by atoms with Crippen molar-refractivity contribution in [2.24, 2.45) is 0 Å². The van der Waals surface area contributed by atoms with E-state index in [-0.39, 0.29) is 11.9 Å². The molecule has 5 nitrogen and oxygen atoms in total. The molecule has 2 aliphatic heterocycles. The molecule has 0 spiro atoms. The zero-order valence-electron chi connectivity index (χ0n) is 20.8. The molecule has 6 heteroatoms. The van der Waals surface area contributed by atoms with Crippen molar-refractivity contribution in [2.45, 2.75) is 89.3 Å². The third kappa shape index (κ3) is 9.40. The van der Waals surface area contributed by atoms with E-state index < -0.39 is 0 Å². The minimum atomic E-state index is 0.143. The summed E-state index contributed by atoms with van der Waals surface area (Å²) in [5.74, 6) is 3.10. The number of amides is 1. The normalized spacial score (nSPS) is 19.5. The number of benzene rings is 1. The van der Waals surface area contributed by atoms with Gasteiger partial charge in [0.25, 0.3) is 0 Å². The molecule has 3 aliphatic rings. The molecule has 4 rings (SSSR count). The first kappa shape index (κ1) is 26.2. The number of nitrogens with one attached hydrogen (secondary N) is 1. The Bertz CT molecular complexity index is 700. The number of carbonyl (C=O) groups is 1. The van der Waals surface area contributed by atoms with Crippen LogP contribution in [0.15, 0.2) is 18.2 Å². The number of rotatable bonds is 9. The minimum Gasteiger partial charge on any atom is -0.486 e. The Balaban J connectivity index is 0.000000286. The SMILES string of the molecule is CCCC(=O)N[C@@H](Cc1ccc2c(c1)OCCO2)CN1CCCC1.CCSC1CCCCC1. The van der Waals surface area contributed by atoms with Gasteiger partial charge in [0, 0.05) is 24.3 Å². The molecule has 1 atom stereocenters. The fraction of sp³-hybridized carbons (Fsp3) is 0.741. The van der Waals surface area contributed by atoms with Gasteiger partial charge in [-0.25, -0.2) is 0 Å². The molecular weight excluding hydrogens is 432 g/mol. The predicted molar refractivity (Wildman–Crippen MR) is 139 cm³/mol. The van der Waals surface area contributed by atoms with Crippen LogP contribution in [0.3, 0.4) is 0 Å². The van der Waals surface area contributed by atoms with Crippen molar-refractivity contribution in [3.63, 3.8) is 0 Å². The number of hydrogen-bond acceptors (Lipinski definition) is 5. The van der Waals surface area contributed by atoms with Gasteiger partial charge < -0.3 is 19.7 Å². The minimum absolute atomic E-state index is 0.143. The Morgan fingerprint density at radius 3 is 2.48 bits per heavy atom. The van der Waals surface area contributed by atoms with Crippen molar-refractivity contribution >= 4 is 17.7 Å². The Hall–Kier alpha value is -1.40. The average Bonchev–Trinajstić information content (AvgIpc) is 3.33. The molecule has 1 amide bonds. The molecule has 0 aromatic heterocycles. The second-order valence-electron chi connectivity index (χ2n) is 9.42. The summed E-state index contributed by atoms with van der Waals surface area (Å²) >= 11 is 2.15. The number of hydrogen-bond donors (Lipinski definition) is 1. The maximum atomic E-state index is 12.1. The van der Waals surface area contributed by atoms with Gasteiger partial charge in [-0.05, 0) is 75.1 Å². The molecule has 0 radical (unpaired) electrons. The highest BCUT2D eigenvalue weighted by molar-refractivity contribution is 7.99. The molecule has 1 aliphatic carbocycles. The summed E-state index contributed by atoms with van der Waals surface area (Å²) in [4.78, 5) is 14.5. The summed E-state index contributed by atoms with van der Waals surface area (Å²) in [7, 11) is 0. The monoisotopic (exact) mass is 476 g/mol. The van der Waals surface area contributed by atoms with Crippen molar-refractivity contribution in [3.8, 4) is 11.5 Å². The Morgan fingerprint density at radius 2 is 1.79 bits per heavy atom. The van der Waals surface area contributed by atoms with E-state index in [2.05, 4.69) is 41.0 Å². The van der Waals surface area contributed by atoms with Gasteiger partial charge in [-0.3, -0.25) is 4.79 Å². The summed E-state index contributed by atoms with van der Waals surface area (Å²) in [5.41, 5.74) is 1.18. The first-order chi connectivity index (χ1) is 16.2. The zero-order chi connectivity index (χ0) is 23.3. The van der Waals surface area contributed by atoms with E-state index in [9.17, 15) is 4.79 Å². The molecule has 0 unspecified atom stereocenters. The smallest absolute Gasteiger partial charge is 0.220 e. The number of likely N-dealkylation sites (tertiary alicyclic amines) is 1. The lowest BCUT2D eigenvalue weighted by Crippen LogP contribution is -2.44. The summed E-state index contributed by atoms with van der Waals surface area (Å²) < 4.78 is 11.3. The van der Waals surface area contributed by atoms with Crippen LogP contribution in [0.25, 0.3) is 0 Å². The van der Waals surface area contributed by atoms with E-state index in [0.29, 0.717) is 19.6 Å². The van der Waals surface area contributed by atoms with E-state index >= 15 is 0 Å². The van der Waals surface area contributed by atoms with Gasteiger partial charge in [0.2, 0.25) is 5.91 Å². The number of thioether (sulfide) groups is 1. The van der Waals surface area contributed by atoms with Crippen LogP contribution in [0.5, 0.6) is 11.5 Å². The van der Waals surface area contributed by atoms with E-state index in [1.165, 1.54) is 56.3 Å². The van der Waals surface area contributed by atoms with Gasteiger partial charge >= 0.3 is 0 Å². The number of nitrogens with zero attached hydrogens (tertiary/aromatic N) is 1. The second-order valence-corrected chi connectivity index (χ2v) is 11.0. The van der Waals surface area contributed by atoms with Gasteiger partial charge in [0.05, 0.1) is 0 Å². The molecule has 0 bridgehead atoms. The van der Waals surface area contributed by atoms with Crippen LogP contribution in [-0.2, 0) is 11.2 Å². The highest BCUT2D eigenvalue weighted by Gasteiger charge is 2.20. The van der Waals surface area contributed by atoms with Crippen LogP contribution in [0.1, 0.15) is 77.2 Å².